The molecule has 5 heteroatoms. The van der Waals surface area contributed by atoms with E-state index in [9.17, 15) is 8.42 Å². The van der Waals surface area contributed by atoms with Crippen LogP contribution in [0.3, 0.4) is 0 Å². The van der Waals surface area contributed by atoms with Crippen molar-refractivity contribution in [3.63, 3.8) is 0 Å². The lowest BCUT2D eigenvalue weighted by Crippen LogP contribution is -2.33. The third-order valence-corrected chi connectivity index (χ3v) is 5.00. The Bertz CT molecular complexity index is 296. The summed E-state index contributed by atoms with van der Waals surface area (Å²) in [6.07, 6.45) is 5.49. The molecule has 0 bridgehead atoms. The van der Waals surface area contributed by atoms with Crippen LogP contribution in [0.1, 0.15) is 39.0 Å². The Hall–Kier alpha value is -0.130. The SMILES string of the molecule is CNCCCS(=O)(=O)NCC1CCC(C)CC1. The summed E-state index contributed by atoms with van der Waals surface area (Å²) in [5, 5.41) is 2.96. The molecule has 1 aliphatic carbocycles. The number of nitrogens with one attached hydrogen (secondary N) is 2. The van der Waals surface area contributed by atoms with Gasteiger partial charge in [-0.3, -0.25) is 0 Å². The van der Waals surface area contributed by atoms with Gasteiger partial charge in [-0.25, -0.2) is 13.1 Å². The van der Waals surface area contributed by atoms with Crippen LogP contribution in [0.5, 0.6) is 0 Å². The molecule has 17 heavy (non-hydrogen) atoms. The fourth-order valence-electron chi connectivity index (χ4n) is 2.29. The van der Waals surface area contributed by atoms with Gasteiger partial charge in [0.25, 0.3) is 0 Å². The number of hydrogen-bond acceptors (Lipinski definition) is 3. The first kappa shape index (κ1) is 14.9. The Morgan fingerprint density at radius 3 is 2.41 bits per heavy atom. The van der Waals surface area contributed by atoms with Crippen molar-refractivity contribution in [1.29, 1.82) is 0 Å². The van der Waals surface area contributed by atoms with Gasteiger partial charge in [-0.05, 0) is 44.7 Å². The highest BCUT2D eigenvalue weighted by atomic mass is 32.2. The Morgan fingerprint density at radius 2 is 1.82 bits per heavy atom. The first-order valence-electron chi connectivity index (χ1n) is 6.65. The molecule has 0 unspecified atom stereocenters. The zero-order valence-electron chi connectivity index (χ0n) is 11.0. The zero-order valence-corrected chi connectivity index (χ0v) is 11.9. The van der Waals surface area contributed by atoms with Crippen LogP contribution in [-0.2, 0) is 10.0 Å². The minimum absolute atomic E-state index is 0.233. The van der Waals surface area contributed by atoms with Gasteiger partial charge >= 0.3 is 0 Å². The molecule has 0 amide bonds. The lowest BCUT2D eigenvalue weighted by atomic mass is 9.83. The monoisotopic (exact) mass is 262 g/mol. The van der Waals surface area contributed by atoms with Crippen LogP contribution >= 0.6 is 0 Å². The van der Waals surface area contributed by atoms with Crippen LogP contribution in [0, 0.1) is 11.8 Å². The zero-order chi connectivity index (χ0) is 12.7. The molecule has 0 aliphatic heterocycles. The van der Waals surface area contributed by atoms with Gasteiger partial charge in [-0.2, -0.15) is 0 Å². The van der Waals surface area contributed by atoms with Gasteiger partial charge in [-0.1, -0.05) is 19.8 Å². The van der Waals surface area contributed by atoms with Crippen molar-refractivity contribution in [1.82, 2.24) is 10.0 Å². The molecule has 0 aromatic rings. The number of sulfonamides is 1. The third kappa shape index (κ3) is 6.38. The lowest BCUT2D eigenvalue weighted by Gasteiger charge is -2.26. The van der Waals surface area contributed by atoms with Gasteiger partial charge in [0.15, 0.2) is 0 Å². The Labute approximate surface area is 106 Å². The van der Waals surface area contributed by atoms with Crippen molar-refractivity contribution in [2.24, 2.45) is 11.8 Å². The minimum Gasteiger partial charge on any atom is -0.320 e. The molecule has 0 atom stereocenters. The predicted octanol–water partition coefficient (Wildman–Crippen LogP) is 1.34. The third-order valence-electron chi connectivity index (χ3n) is 3.57. The molecule has 0 heterocycles. The second-order valence-electron chi connectivity index (χ2n) is 5.25. The highest BCUT2D eigenvalue weighted by molar-refractivity contribution is 7.89. The van der Waals surface area contributed by atoms with E-state index in [4.69, 9.17) is 0 Å². The molecule has 2 N–H and O–H groups in total. The quantitative estimate of drug-likeness (QED) is 0.681. The van der Waals surface area contributed by atoms with E-state index in [1.165, 1.54) is 25.7 Å². The van der Waals surface area contributed by atoms with Gasteiger partial charge in [0, 0.05) is 6.54 Å². The Morgan fingerprint density at radius 1 is 1.18 bits per heavy atom. The van der Waals surface area contributed by atoms with E-state index in [-0.39, 0.29) is 5.75 Å². The van der Waals surface area contributed by atoms with Crippen molar-refractivity contribution in [3.05, 3.63) is 0 Å². The van der Waals surface area contributed by atoms with E-state index in [0.717, 1.165) is 12.5 Å². The Kier molecular flexibility index (Phi) is 6.44. The average molecular weight is 262 g/mol. The van der Waals surface area contributed by atoms with Crippen LogP contribution in [0.25, 0.3) is 0 Å². The highest BCUT2D eigenvalue weighted by Crippen LogP contribution is 2.27. The van der Waals surface area contributed by atoms with Gasteiger partial charge in [0.2, 0.25) is 10.0 Å². The summed E-state index contributed by atoms with van der Waals surface area (Å²) in [5.41, 5.74) is 0. The molecule has 1 aliphatic rings. The van der Waals surface area contributed by atoms with Gasteiger partial charge in [0.1, 0.15) is 0 Å². The lowest BCUT2D eigenvalue weighted by molar-refractivity contribution is 0.290. The molecular weight excluding hydrogens is 236 g/mol. The van der Waals surface area contributed by atoms with Crippen molar-refractivity contribution in [2.75, 3.05) is 25.9 Å². The van der Waals surface area contributed by atoms with Crippen molar-refractivity contribution >= 4 is 10.0 Å². The maximum absolute atomic E-state index is 11.7. The van der Waals surface area contributed by atoms with Crippen molar-refractivity contribution in [3.8, 4) is 0 Å². The van der Waals surface area contributed by atoms with E-state index in [0.29, 0.717) is 18.9 Å². The summed E-state index contributed by atoms with van der Waals surface area (Å²) in [5.74, 6) is 1.60. The average Bonchev–Trinajstić information content (AvgIpc) is 2.29. The number of rotatable bonds is 7. The maximum atomic E-state index is 11.7. The normalized spacial score (nSPS) is 26.0. The van der Waals surface area contributed by atoms with Crippen molar-refractivity contribution < 1.29 is 8.42 Å². The van der Waals surface area contributed by atoms with Crippen LogP contribution < -0.4 is 10.0 Å². The summed E-state index contributed by atoms with van der Waals surface area (Å²) >= 11 is 0. The second kappa shape index (κ2) is 7.34. The maximum Gasteiger partial charge on any atom is 0.211 e. The van der Waals surface area contributed by atoms with E-state index < -0.39 is 10.0 Å². The van der Waals surface area contributed by atoms with Crippen LogP contribution in [-0.4, -0.2) is 34.3 Å². The molecule has 0 radical (unpaired) electrons. The van der Waals surface area contributed by atoms with Crippen LogP contribution in [0.15, 0.2) is 0 Å². The predicted molar refractivity (Wildman–Crippen MR) is 71.5 cm³/mol. The van der Waals surface area contributed by atoms with E-state index in [2.05, 4.69) is 17.0 Å². The molecule has 1 fully saturated rings. The van der Waals surface area contributed by atoms with E-state index in [1.54, 1.807) is 0 Å². The van der Waals surface area contributed by atoms with Gasteiger partial charge in [-0.15, -0.1) is 0 Å². The fraction of sp³-hybridized carbons (Fsp3) is 1.00. The molecule has 4 nitrogen and oxygen atoms in total. The Balaban J connectivity index is 2.20. The van der Waals surface area contributed by atoms with Crippen molar-refractivity contribution in [2.45, 2.75) is 39.0 Å². The highest BCUT2D eigenvalue weighted by Gasteiger charge is 2.20. The molecule has 0 spiro atoms. The van der Waals surface area contributed by atoms with E-state index in [1.807, 2.05) is 7.05 Å². The smallest absolute Gasteiger partial charge is 0.211 e. The molecule has 0 aromatic carbocycles. The summed E-state index contributed by atoms with van der Waals surface area (Å²) in [6.45, 7) is 3.66. The molecule has 102 valence electrons. The van der Waals surface area contributed by atoms with Crippen LogP contribution in [0.2, 0.25) is 0 Å². The second-order valence-corrected chi connectivity index (χ2v) is 7.18. The largest absolute Gasteiger partial charge is 0.320 e. The standard InChI is InChI=1S/C12H26N2O2S/c1-11-4-6-12(7-5-11)10-14-17(15,16)9-3-8-13-2/h11-14H,3-10H2,1-2H3. The number of hydrogen-bond donors (Lipinski definition) is 2. The van der Waals surface area contributed by atoms with Gasteiger partial charge in [0.05, 0.1) is 5.75 Å². The molecular formula is C12H26N2O2S. The molecule has 0 saturated heterocycles. The molecule has 1 rings (SSSR count). The first-order chi connectivity index (χ1) is 8.03. The summed E-state index contributed by atoms with van der Waals surface area (Å²) in [4.78, 5) is 0. The van der Waals surface area contributed by atoms with Gasteiger partial charge < -0.3 is 5.32 Å². The van der Waals surface area contributed by atoms with Crippen LogP contribution in [0.4, 0.5) is 0 Å². The molecule has 1 saturated carbocycles. The minimum atomic E-state index is -3.06. The summed E-state index contributed by atoms with van der Waals surface area (Å²) < 4.78 is 26.1. The summed E-state index contributed by atoms with van der Waals surface area (Å²) in [7, 11) is -1.22. The first-order valence-corrected chi connectivity index (χ1v) is 8.30. The van der Waals surface area contributed by atoms with E-state index >= 15 is 0 Å². The summed E-state index contributed by atoms with van der Waals surface area (Å²) in [6, 6.07) is 0. The topological polar surface area (TPSA) is 58.2 Å². The molecule has 0 aromatic heterocycles. The fourth-order valence-corrected chi connectivity index (χ4v) is 3.45.